The van der Waals surface area contributed by atoms with Crippen molar-refractivity contribution in [2.24, 2.45) is 0 Å². The van der Waals surface area contributed by atoms with Crippen LogP contribution in [0.5, 0.6) is 0 Å². The first kappa shape index (κ1) is 14.1. The molecule has 0 aromatic carbocycles. The molecule has 1 fully saturated rings. The molecule has 2 aromatic rings. The lowest BCUT2D eigenvalue weighted by atomic mass is 10.1. The molecule has 3 rings (SSSR count). The fraction of sp³-hybridized carbons (Fsp3) is 0.500. The van der Waals surface area contributed by atoms with Gasteiger partial charge in [0.15, 0.2) is 0 Å². The van der Waals surface area contributed by atoms with Gasteiger partial charge in [-0.1, -0.05) is 6.07 Å². The van der Waals surface area contributed by atoms with Crippen molar-refractivity contribution >= 4 is 11.4 Å². The number of pyridine rings is 1. The molecule has 0 bridgehead atoms. The first-order chi connectivity index (χ1) is 10.3. The highest BCUT2D eigenvalue weighted by atomic mass is 16.2. The van der Waals surface area contributed by atoms with Gasteiger partial charge in [-0.05, 0) is 31.4 Å². The topological polar surface area (TPSA) is 49.6 Å². The summed E-state index contributed by atoms with van der Waals surface area (Å²) in [5.41, 5.74) is 2.29. The summed E-state index contributed by atoms with van der Waals surface area (Å²) in [6.45, 7) is 3.35. The van der Waals surface area contributed by atoms with E-state index in [2.05, 4.69) is 16.5 Å². The number of carbonyl (C=O) groups is 1. The summed E-state index contributed by atoms with van der Waals surface area (Å²) < 4.78 is 1.87. The minimum atomic E-state index is 0.280. The summed E-state index contributed by atoms with van der Waals surface area (Å²) in [5, 5.41) is 7.66. The third-order valence-corrected chi connectivity index (χ3v) is 4.05. The fourth-order valence-corrected chi connectivity index (χ4v) is 2.84. The molecular formula is C16H22N4O. The predicted octanol–water partition coefficient (Wildman–Crippen LogP) is 1.83. The van der Waals surface area contributed by atoms with E-state index in [1.807, 2.05) is 33.9 Å². The Morgan fingerprint density at radius 2 is 2.10 bits per heavy atom. The van der Waals surface area contributed by atoms with Crippen LogP contribution >= 0.6 is 0 Å². The van der Waals surface area contributed by atoms with Crippen LogP contribution in [0.3, 0.4) is 0 Å². The van der Waals surface area contributed by atoms with Crippen molar-refractivity contribution in [2.75, 3.05) is 19.6 Å². The summed E-state index contributed by atoms with van der Waals surface area (Å²) in [6, 6.07) is 6.04. The maximum absolute atomic E-state index is 12.0. The van der Waals surface area contributed by atoms with Crippen LogP contribution in [0.25, 0.3) is 5.52 Å². The van der Waals surface area contributed by atoms with Crippen molar-refractivity contribution < 1.29 is 4.79 Å². The summed E-state index contributed by atoms with van der Waals surface area (Å²) >= 11 is 0. The average Bonchev–Trinajstić information content (AvgIpc) is 2.95. The monoisotopic (exact) mass is 286 g/mol. The number of rotatable bonds is 5. The normalized spacial score (nSPS) is 15.5. The Kier molecular flexibility index (Phi) is 4.50. The number of hydrogen-bond donors (Lipinski definition) is 1. The number of nitrogens with one attached hydrogen (secondary N) is 1. The second-order valence-corrected chi connectivity index (χ2v) is 5.57. The highest BCUT2D eigenvalue weighted by Crippen LogP contribution is 2.11. The number of amides is 1. The number of hydrogen-bond acceptors (Lipinski definition) is 3. The van der Waals surface area contributed by atoms with E-state index in [0.29, 0.717) is 6.42 Å². The second kappa shape index (κ2) is 6.72. The zero-order valence-electron chi connectivity index (χ0n) is 12.3. The highest BCUT2D eigenvalue weighted by Gasteiger charge is 2.15. The maximum atomic E-state index is 12.0. The van der Waals surface area contributed by atoms with Crippen molar-refractivity contribution in [3.05, 3.63) is 36.2 Å². The van der Waals surface area contributed by atoms with Crippen LogP contribution in [0, 0.1) is 0 Å². The Morgan fingerprint density at radius 1 is 1.24 bits per heavy atom. The molecule has 5 nitrogen and oxygen atoms in total. The third kappa shape index (κ3) is 3.42. The van der Waals surface area contributed by atoms with Crippen LogP contribution in [0.2, 0.25) is 0 Å². The number of carbonyl (C=O) groups excluding carboxylic acids is 1. The van der Waals surface area contributed by atoms with E-state index in [4.69, 9.17) is 0 Å². The van der Waals surface area contributed by atoms with Crippen LogP contribution in [0.15, 0.2) is 30.6 Å². The standard InChI is InChI=1S/C16H22N4O/c21-16(19-9-3-1-4-10-19)7-8-17-12-14-13-18-20-11-5-2-6-15(14)20/h2,5-6,11,13,17H,1,3-4,7-10,12H2. The summed E-state index contributed by atoms with van der Waals surface area (Å²) in [7, 11) is 0. The first-order valence-corrected chi connectivity index (χ1v) is 7.74. The Morgan fingerprint density at radius 3 is 2.95 bits per heavy atom. The molecule has 0 saturated carbocycles. The largest absolute Gasteiger partial charge is 0.343 e. The van der Waals surface area contributed by atoms with Gasteiger partial charge in [0.2, 0.25) is 5.91 Å². The van der Waals surface area contributed by atoms with Gasteiger partial charge < -0.3 is 10.2 Å². The Bertz CT molecular complexity index is 601. The molecule has 1 saturated heterocycles. The van der Waals surface area contributed by atoms with Gasteiger partial charge in [-0.15, -0.1) is 0 Å². The molecule has 5 heteroatoms. The van der Waals surface area contributed by atoms with E-state index in [1.54, 1.807) is 0 Å². The van der Waals surface area contributed by atoms with Gasteiger partial charge in [0, 0.05) is 44.4 Å². The van der Waals surface area contributed by atoms with Gasteiger partial charge >= 0.3 is 0 Å². The summed E-state index contributed by atoms with van der Waals surface area (Å²) in [6.07, 6.45) is 7.98. The number of nitrogens with zero attached hydrogens (tertiary/aromatic N) is 3. The number of fused-ring (bicyclic) bond motifs is 1. The van der Waals surface area contributed by atoms with Crippen molar-refractivity contribution in [3.8, 4) is 0 Å². The summed E-state index contributed by atoms with van der Waals surface area (Å²) in [4.78, 5) is 14.0. The van der Waals surface area contributed by atoms with E-state index >= 15 is 0 Å². The van der Waals surface area contributed by atoms with Gasteiger partial charge in [0.25, 0.3) is 0 Å². The molecule has 0 radical (unpaired) electrons. The van der Waals surface area contributed by atoms with Gasteiger partial charge in [0.05, 0.1) is 11.7 Å². The Hall–Kier alpha value is -1.88. The van der Waals surface area contributed by atoms with Gasteiger partial charge in [-0.3, -0.25) is 4.79 Å². The van der Waals surface area contributed by atoms with Crippen molar-refractivity contribution in [3.63, 3.8) is 0 Å². The highest BCUT2D eigenvalue weighted by molar-refractivity contribution is 5.76. The van der Waals surface area contributed by atoms with Crippen molar-refractivity contribution in [2.45, 2.75) is 32.2 Å². The lowest BCUT2D eigenvalue weighted by molar-refractivity contribution is -0.131. The third-order valence-electron chi connectivity index (χ3n) is 4.05. The fourth-order valence-electron chi connectivity index (χ4n) is 2.84. The molecule has 112 valence electrons. The number of likely N-dealkylation sites (tertiary alicyclic amines) is 1. The van der Waals surface area contributed by atoms with Crippen LogP contribution in [-0.2, 0) is 11.3 Å². The SMILES string of the molecule is O=C(CCNCc1cnn2ccccc12)N1CCCCC1. The van der Waals surface area contributed by atoms with E-state index in [1.165, 1.54) is 12.0 Å². The molecule has 1 N–H and O–H groups in total. The average molecular weight is 286 g/mol. The smallest absolute Gasteiger partial charge is 0.223 e. The number of aromatic nitrogens is 2. The minimum absolute atomic E-state index is 0.280. The zero-order valence-corrected chi connectivity index (χ0v) is 12.3. The molecule has 1 aliphatic rings. The lowest BCUT2D eigenvalue weighted by Gasteiger charge is -2.26. The van der Waals surface area contributed by atoms with E-state index < -0.39 is 0 Å². The van der Waals surface area contributed by atoms with Crippen LogP contribution < -0.4 is 5.32 Å². The molecule has 0 unspecified atom stereocenters. The second-order valence-electron chi connectivity index (χ2n) is 5.57. The molecule has 1 aliphatic heterocycles. The van der Waals surface area contributed by atoms with Crippen molar-refractivity contribution in [1.82, 2.24) is 19.8 Å². The van der Waals surface area contributed by atoms with Crippen LogP contribution in [0.1, 0.15) is 31.2 Å². The van der Waals surface area contributed by atoms with E-state index in [-0.39, 0.29) is 5.91 Å². The molecule has 1 amide bonds. The van der Waals surface area contributed by atoms with Crippen LogP contribution in [-0.4, -0.2) is 40.1 Å². The minimum Gasteiger partial charge on any atom is -0.343 e. The quantitative estimate of drug-likeness (QED) is 0.853. The Balaban J connectivity index is 1.44. The summed E-state index contributed by atoms with van der Waals surface area (Å²) in [5.74, 6) is 0.280. The molecule has 2 aromatic heterocycles. The first-order valence-electron chi connectivity index (χ1n) is 7.74. The van der Waals surface area contributed by atoms with E-state index in [9.17, 15) is 4.79 Å². The molecule has 0 atom stereocenters. The van der Waals surface area contributed by atoms with E-state index in [0.717, 1.165) is 44.5 Å². The zero-order chi connectivity index (χ0) is 14.5. The molecule has 0 aliphatic carbocycles. The predicted molar refractivity (Wildman–Crippen MR) is 81.9 cm³/mol. The van der Waals surface area contributed by atoms with Crippen molar-refractivity contribution in [1.29, 1.82) is 0 Å². The van der Waals surface area contributed by atoms with Crippen LogP contribution in [0.4, 0.5) is 0 Å². The van der Waals surface area contributed by atoms with Gasteiger partial charge in [0.1, 0.15) is 0 Å². The number of piperidine rings is 1. The molecule has 3 heterocycles. The molecule has 0 spiro atoms. The maximum Gasteiger partial charge on any atom is 0.223 e. The van der Waals surface area contributed by atoms with Gasteiger partial charge in [-0.25, -0.2) is 4.52 Å². The Labute approximate surface area is 124 Å². The molecular weight excluding hydrogens is 264 g/mol. The lowest BCUT2D eigenvalue weighted by Crippen LogP contribution is -2.37. The van der Waals surface area contributed by atoms with Gasteiger partial charge in [-0.2, -0.15) is 5.10 Å². The molecule has 21 heavy (non-hydrogen) atoms.